The molecular formula is C11H15BrN2O. The van der Waals surface area contributed by atoms with Crippen LogP contribution in [0.25, 0.3) is 0 Å². The first-order valence-electron chi connectivity index (χ1n) is 4.81. The number of hydrogen-bond acceptors (Lipinski definition) is 2. The van der Waals surface area contributed by atoms with Crippen molar-refractivity contribution >= 4 is 21.8 Å². The van der Waals surface area contributed by atoms with Crippen LogP contribution < -0.4 is 10.5 Å². The third kappa shape index (κ3) is 3.23. The lowest BCUT2D eigenvalue weighted by atomic mass is 10.2. The Bertz CT molecular complexity index is 366. The summed E-state index contributed by atoms with van der Waals surface area (Å²) in [7, 11) is 0. The summed E-state index contributed by atoms with van der Waals surface area (Å²) >= 11 is 3.38. The zero-order valence-electron chi connectivity index (χ0n) is 8.88. The number of nitrogens with two attached hydrogens (primary N) is 1. The molecule has 3 nitrogen and oxygen atoms in total. The average Bonchev–Trinajstić information content (AvgIpc) is 2.18. The van der Waals surface area contributed by atoms with E-state index in [1.165, 1.54) is 0 Å². The smallest absolute Gasteiger partial charge is 0.155 e. The highest BCUT2D eigenvalue weighted by Crippen LogP contribution is 2.24. The summed E-state index contributed by atoms with van der Waals surface area (Å²) in [6.07, 6.45) is 0.361. The summed E-state index contributed by atoms with van der Waals surface area (Å²) in [4.78, 5) is 0. The predicted octanol–water partition coefficient (Wildman–Crippen LogP) is 2.85. The van der Waals surface area contributed by atoms with E-state index in [9.17, 15) is 0 Å². The fourth-order valence-electron chi connectivity index (χ4n) is 1.22. The van der Waals surface area contributed by atoms with Gasteiger partial charge in [-0.25, -0.2) is 0 Å². The van der Waals surface area contributed by atoms with Crippen molar-refractivity contribution in [3.63, 3.8) is 0 Å². The van der Waals surface area contributed by atoms with Crippen LogP contribution in [0.1, 0.15) is 18.9 Å². The maximum Gasteiger partial charge on any atom is 0.155 e. The molecular weight excluding hydrogens is 256 g/mol. The van der Waals surface area contributed by atoms with Gasteiger partial charge in [-0.05, 0) is 31.0 Å². The topological polar surface area (TPSA) is 59.1 Å². The number of ether oxygens (including phenoxy) is 1. The molecule has 0 saturated carbocycles. The third-order valence-electron chi connectivity index (χ3n) is 2.14. The first kappa shape index (κ1) is 12.0. The molecule has 0 fully saturated rings. The Kier molecular flexibility index (Phi) is 4.15. The molecule has 0 spiro atoms. The Labute approximate surface area is 98.3 Å². The largest absolute Gasteiger partial charge is 0.482 e. The van der Waals surface area contributed by atoms with Gasteiger partial charge < -0.3 is 10.5 Å². The minimum Gasteiger partial charge on any atom is -0.482 e. The van der Waals surface area contributed by atoms with Crippen molar-refractivity contribution in [2.24, 2.45) is 5.73 Å². The zero-order valence-corrected chi connectivity index (χ0v) is 10.5. The van der Waals surface area contributed by atoms with Gasteiger partial charge in [0.05, 0.1) is 0 Å². The Hall–Kier alpha value is -1.03. The lowest BCUT2D eigenvalue weighted by Gasteiger charge is -2.17. The van der Waals surface area contributed by atoms with Gasteiger partial charge in [0.15, 0.2) is 6.10 Å². The van der Waals surface area contributed by atoms with Gasteiger partial charge in [-0.1, -0.05) is 28.9 Å². The number of rotatable bonds is 4. The van der Waals surface area contributed by atoms with E-state index in [0.717, 1.165) is 15.8 Å². The monoisotopic (exact) mass is 270 g/mol. The standard InChI is InChI=1S/C11H15BrN2O/c1-3-9(11(13)14)15-10-6-8(12)5-4-7(10)2/h4-6,9H,3H2,1-2H3,(H3,13,14). The minimum atomic E-state index is -0.335. The van der Waals surface area contributed by atoms with Crippen LogP contribution >= 0.6 is 15.9 Å². The quantitative estimate of drug-likeness (QED) is 0.653. The lowest BCUT2D eigenvalue weighted by Crippen LogP contribution is -2.32. The van der Waals surface area contributed by atoms with Gasteiger partial charge in [0.2, 0.25) is 0 Å². The van der Waals surface area contributed by atoms with Gasteiger partial charge in [-0.3, -0.25) is 5.41 Å². The van der Waals surface area contributed by atoms with E-state index in [0.29, 0.717) is 6.42 Å². The van der Waals surface area contributed by atoms with Gasteiger partial charge in [-0.15, -0.1) is 0 Å². The maximum absolute atomic E-state index is 7.37. The predicted molar refractivity (Wildman–Crippen MR) is 65.5 cm³/mol. The molecule has 82 valence electrons. The van der Waals surface area contributed by atoms with Crippen molar-refractivity contribution in [1.82, 2.24) is 0 Å². The Morgan fingerprint density at radius 3 is 2.80 bits per heavy atom. The molecule has 0 saturated heterocycles. The molecule has 0 aliphatic rings. The number of benzene rings is 1. The van der Waals surface area contributed by atoms with Crippen molar-refractivity contribution in [3.8, 4) is 5.75 Å². The molecule has 0 aliphatic carbocycles. The van der Waals surface area contributed by atoms with Crippen LogP contribution in [0.3, 0.4) is 0 Å². The van der Waals surface area contributed by atoms with Crippen molar-refractivity contribution < 1.29 is 4.74 Å². The molecule has 15 heavy (non-hydrogen) atoms. The summed E-state index contributed by atoms with van der Waals surface area (Å²) in [6, 6.07) is 5.81. The van der Waals surface area contributed by atoms with E-state index in [-0.39, 0.29) is 11.9 Å². The van der Waals surface area contributed by atoms with Crippen molar-refractivity contribution in [2.45, 2.75) is 26.4 Å². The summed E-state index contributed by atoms with van der Waals surface area (Å²) in [5, 5.41) is 7.37. The molecule has 3 N–H and O–H groups in total. The fourth-order valence-corrected chi connectivity index (χ4v) is 1.56. The SMILES string of the molecule is CCC(Oc1cc(Br)ccc1C)C(=N)N. The van der Waals surface area contributed by atoms with Crippen LogP contribution in [0.4, 0.5) is 0 Å². The molecule has 1 aromatic rings. The first-order chi connectivity index (χ1) is 7.04. The number of nitrogens with one attached hydrogen (secondary N) is 1. The second-order valence-electron chi connectivity index (χ2n) is 3.38. The van der Waals surface area contributed by atoms with Crippen LogP contribution in [0, 0.1) is 12.3 Å². The van der Waals surface area contributed by atoms with E-state index >= 15 is 0 Å². The van der Waals surface area contributed by atoms with Crippen LogP contribution in [-0.2, 0) is 0 Å². The van der Waals surface area contributed by atoms with Crippen LogP contribution in [0.15, 0.2) is 22.7 Å². The molecule has 0 amide bonds. The Morgan fingerprint density at radius 2 is 2.27 bits per heavy atom. The number of aryl methyl sites for hydroxylation is 1. The molecule has 0 aromatic heterocycles. The highest BCUT2D eigenvalue weighted by molar-refractivity contribution is 9.10. The normalized spacial score (nSPS) is 12.2. The Balaban J connectivity index is 2.87. The second-order valence-corrected chi connectivity index (χ2v) is 4.30. The highest BCUT2D eigenvalue weighted by atomic mass is 79.9. The van der Waals surface area contributed by atoms with Gasteiger partial charge in [-0.2, -0.15) is 0 Å². The lowest BCUT2D eigenvalue weighted by molar-refractivity contribution is 0.258. The summed E-state index contributed by atoms with van der Waals surface area (Å²) < 4.78 is 6.62. The average molecular weight is 271 g/mol. The van der Waals surface area contributed by atoms with E-state index < -0.39 is 0 Å². The van der Waals surface area contributed by atoms with E-state index in [1.54, 1.807) is 0 Å². The molecule has 1 unspecified atom stereocenters. The minimum absolute atomic E-state index is 0.0666. The first-order valence-corrected chi connectivity index (χ1v) is 5.60. The van der Waals surface area contributed by atoms with Crippen LogP contribution in [0.2, 0.25) is 0 Å². The molecule has 1 aromatic carbocycles. The van der Waals surface area contributed by atoms with E-state index in [4.69, 9.17) is 15.9 Å². The molecule has 4 heteroatoms. The molecule has 0 radical (unpaired) electrons. The molecule has 0 bridgehead atoms. The summed E-state index contributed by atoms with van der Waals surface area (Å²) in [5.74, 6) is 0.836. The van der Waals surface area contributed by atoms with Crippen LogP contribution in [0.5, 0.6) is 5.75 Å². The number of hydrogen-bond donors (Lipinski definition) is 2. The van der Waals surface area contributed by atoms with Crippen LogP contribution in [-0.4, -0.2) is 11.9 Å². The van der Waals surface area contributed by atoms with E-state index in [1.807, 2.05) is 32.0 Å². The number of halogens is 1. The van der Waals surface area contributed by atoms with Crippen molar-refractivity contribution in [1.29, 1.82) is 5.41 Å². The van der Waals surface area contributed by atoms with Gasteiger partial charge in [0, 0.05) is 4.47 Å². The van der Waals surface area contributed by atoms with E-state index in [2.05, 4.69) is 15.9 Å². The Morgan fingerprint density at radius 1 is 1.60 bits per heavy atom. The maximum atomic E-state index is 7.37. The molecule has 1 rings (SSSR count). The van der Waals surface area contributed by atoms with Gasteiger partial charge >= 0.3 is 0 Å². The number of amidine groups is 1. The van der Waals surface area contributed by atoms with Crippen molar-refractivity contribution in [2.75, 3.05) is 0 Å². The van der Waals surface area contributed by atoms with Crippen molar-refractivity contribution in [3.05, 3.63) is 28.2 Å². The van der Waals surface area contributed by atoms with Gasteiger partial charge in [0.1, 0.15) is 11.6 Å². The molecule has 0 aliphatic heterocycles. The molecule has 1 atom stereocenters. The second kappa shape index (κ2) is 5.16. The third-order valence-corrected chi connectivity index (χ3v) is 2.63. The molecule has 0 heterocycles. The zero-order chi connectivity index (χ0) is 11.4. The van der Waals surface area contributed by atoms with Gasteiger partial charge in [0.25, 0.3) is 0 Å². The summed E-state index contributed by atoms with van der Waals surface area (Å²) in [6.45, 7) is 3.91. The fraction of sp³-hybridized carbons (Fsp3) is 0.364. The summed E-state index contributed by atoms with van der Waals surface area (Å²) in [5.41, 5.74) is 6.47. The highest BCUT2D eigenvalue weighted by Gasteiger charge is 2.12.